The van der Waals surface area contributed by atoms with E-state index < -0.39 is 0 Å². The molecule has 0 aliphatic carbocycles. The molecule has 3 aliphatic heterocycles. The molecule has 1 aromatic carbocycles. The molecule has 0 spiro atoms. The summed E-state index contributed by atoms with van der Waals surface area (Å²) in [6.07, 6.45) is 3.97. The van der Waals surface area contributed by atoms with Gasteiger partial charge in [-0.2, -0.15) is 0 Å². The Balaban J connectivity index is 1.19. The maximum atomic E-state index is 12.7. The lowest BCUT2D eigenvalue weighted by molar-refractivity contribution is 0.0792. The molecule has 2 aromatic rings. The number of carbonyl (C=O) groups is 1. The van der Waals surface area contributed by atoms with Crippen LogP contribution in [0.4, 0.5) is 5.82 Å². The van der Waals surface area contributed by atoms with Crippen LogP contribution in [0.1, 0.15) is 28.8 Å². The number of hydrogen-bond acceptors (Lipinski definition) is 6. The van der Waals surface area contributed by atoms with Crippen molar-refractivity contribution in [2.75, 3.05) is 51.0 Å². The van der Waals surface area contributed by atoms with Crippen LogP contribution in [0.5, 0.6) is 11.5 Å². The second-order valence-electron chi connectivity index (χ2n) is 7.85. The topological polar surface area (TPSA) is 58.1 Å². The monoisotopic (exact) mass is 394 g/mol. The minimum Gasteiger partial charge on any atom is -0.454 e. The van der Waals surface area contributed by atoms with Crippen molar-refractivity contribution in [3.8, 4) is 11.5 Å². The smallest absolute Gasteiger partial charge is 0.254 e. The largest absolute Gasteiger partial charge is 0.454 e. The summed E-state index contributed by atoms with van der Waals surface area (Å²) in [5.74, 6) is 2.70. The number of hydrogen-bond donors (Lipinski definition) is 0. The van der Waals surface area contributed by atoms with Gasteiger partial charge in [-0.15, -0.1) is 0 Å². The zero-order valence-corrected chi connectivity index (χ0v) is 16.5. The molecule has 0 unspecified atom stereocenters. The van der Waals surface area contributed by atoms with Gasteiger partial charge >= 0.3 is 0 Å². The molecule has 0 saturated carbocycles. The van der Waals surface area contributed by atoms with Crippen LogP contribution in [0.25, 0.3) is 0 Å². The van der Waals surface area contributed by atoms with E-state index in [9.17, 15) is 4.79 Å². The Morgan fingerprint density at radius 3 is 2.55 bits per heavy atom. The van der Waals surface area contributed by atoms with Gasteiger partial charge in [0.1, 0.15) is 5.82 Å². The summed E-state index contributed by atoms with van der Waals surface area (Å²) in [4.78, 5) is 23.9. The van der Waals surface area contributed by atoms with Gasteiger partial charge in [-0.3, -0.25) is 9.69 Å². The first-order valence-electron chi connectivity index (χ1n) is 10.4. The molecule has 7 nitrogen and oxygen atoms in total. The Hall–Kier alpha value is -2.80. The normalized spacial score (nSPS) is 19.0. The maximum Gasteiger partial charge on any atom is 0.254 e. The lowest BCUT2D eigenvalue weighted by Crippen LogP contribution is -2.46. The second-order valence-corrected chi connectivity index (χ2v) is 7.85. The molecule has 0 bridgehead atoms. The van der Waals surface area contributed by atoms with E-state index >= 15 is 0 Å². The SMILES string of the molecule is O=C(c1ccnc(N2CCN(Cc3ccc4c(c3)OCO4)CC2)c1)N1CCCC1. The van der Waals surface area contributed by atoms with Gasteiger partial charge in [0.25, 0.3) is 5.91 Å². The van der Waals surface area contributed by atoms with Crippen LogP contribution in [0.3, 0.4) is 0 Å². The fourth-order valence-corrected chi connectivity index (χ4v) is 4.26. The van der Waals surface area contributed by atoms with Gasteiger partial charge in [0.05, 0.1) is 0 Å². The third-order valence-electron chi connectivity index (χ3n) is 5.93. The van der Waals surface area contributed by atoms with E-state index in [1.54, 1.807) is 6.20 Å². The molecular weight excluding hydrogens is 368 g/mol. The number of benzene rings is 1. The first-order valence-corrected chi connectivity index (χ1v) is 10.4. The van der Waals surface area contributed by atoms with Crippen molar-refractivity contribution in [3.63, 3.8) is 0 Å². The molecular formula is C22H26N4O3. The molecule has 2 fully saturated rings. The van der Waals surface area contributed by atoms with E-state index in [4.69, 9.17) is 9.47 Å². The van der Waals surface area contributed by atoms with E-state index in [1.807, 2.05) is 23.1 Å². The number of anilines is 1. The predicted octanol–water partition coefficient (Wildman–Crippen LogP) is 2.37. The summed E-state index contributed by atoms with van der Waals surface area (Å²) >= 11 is 0. The first-order chi connectivity index (χ1) is 14.3. The Morgan fingerprint density at radius 2 is 1.72 bits per heavy atom. The summed E-state index contributed by atoms with van der Waals surface area (Å²) in [7, 11) is 0. The van der Waals surface area contributed by atoms with Gasteiger partial charge in [-0.25, -0.2) is 4.98 Å². The molecule has 152 valence electrons. The van der Waals surface area contributed by atoms with Crippen LogP contribution in [0.15, 0.2) is 36.5 Å². The number of piperazine rings is 1. The number of likely N-dealkylation sites (tertiary alicyclic amines) is 1. The van der Waals surface area contributed by atoms with Crippen LogP contribution in [0, 0.1) is 0 Å². The number of nitrogens with zero attached hydrogens (tertiary/aromatic N) is 4. The van der Waals surface area contributed by atoms with Crippen molar-refractivity contribution in [2.24, 2.45) is 0 Å². The van der Waals surface area contributed by atoms with Crippen LogP contribution in [-0.2, 0) is 6.54 Å². The highest BCUT2D eigenvalue weighted by atomic mass is 16.7. The number of aromatic nitrogens is 1. The number of amides is 1. The molecule has 29 heavy (non-hydrogen) atoms. The Morgan fingerprint density at radius 1 is 0.931 bits per heavy atom. The van der Waals surface area contributed by atoms with Gasteiger partial charge in [-0.05, 0) is 42.7 Å². The molecule has 0 radical (unpaired) electrons. The van der Waals surface area contributed by atoms with E-state index in [0.717, 1.165) is 81.5 Å². The number of carbonyl (C=O) groups excluding carboxylic acids is 1. The Kier molecular flexibility index (Phi) is 4.97. The average molecular weight is 394 g/mol. The molecule has 1 amide bonds. The molecule has 0 atom stereocenters. The highest BCUT2D eigenvalue weighted by molar-refractivity contribution is 5.95. The van der Waals surface area contributed by atoms with Crippen LogP contribution in [-0.4, -0.2) is 66.8 Å². The van der Waals surface area contributed by atoms with Crippen molar-refractivity contribution in [1.82, 2.24) is 14.8 Å². The Bertz CT molecular complexity index is 889. The van der Waals surface area contributed by atoms with Gasteiger partial charge < -0.3 is 19.3 Å². The third-order valence-corrected chi connectivity index (χ3v) is 5.93. The lowest BCUT2D eigenvalue weighted by Gasteiger charge is -2.35. The second kappa shape index (κ2) is 7.91. The van der Waals surface area contributed by atoms with Crippen LogP contribution in [0.2, 0.25) is 0 Å². The van der Waals surface area contributed by atoms with Crippen molar-refractivity contribution < 1.29 is 14.3 Å². The number of pyridine rings is 1. The summed E-state index contributed by atoms with van der Waals surface area (Å²) in [6.45, 7) is 6.66. The fraction of sp³-hybridized carbons (Fsp3) is 0.455. The highest BCUT2D eigenvalue weighted by Crippen LogP contribution is 2.33. The quantitative estimate of drug-likeness (QED) is 0.794. The van der Waals surface area contributed by atoms with Gasteiger partial charge in [0.2, 0.25) is 6.79 Å². The average Bonchev–Trinajstić information content (AvgIpc) is 3.46. The molecule has 7 heteroatoms. The first kappa shape index (κ1) is 18.2. The van der Waals surface area contributed by atoms with Gasteiger partial charge in [0, 0.05) is 57.6 Å². The van der Waals surface area contributed by atoms with Crippen molar-refractivity contribution in [3.05, 3.63) is 47.7 Å². The third kappa shape index (κ3) is 3.87. The lowest BCUT2D eigenvalue weighted by atomic mass is 10.1. The molecule has 5 rings (SSSR count). The number of ether oxygens (including phenoxy) is 2. The predicted molar refractivity (Wildman–Crippen MR) is 109 cm³/mol. The number of fused-ring (bicyclic) bond motifs is 1. The zero-order chi connectivity index (χ0) is 19.6. The fourth-order valence-electron chi connectivity index (χ4n) is 4.26. The van der Waals surface area contributed by atoms with E-state index in [-0.39, 0.29) is 5.91 Å². The minimum absolute atomic E-state index is 0.132. The van der Waals surface area contributed by atoms with E-state index in [1.165, 1.54) is 5.56 Å². The van der Waals surface area contributed by atoms with E-state index in [2.05, 4.69) is 26.9 Å². The van der Waals surface area contributed by atoms with Crippen LogP contribution >= 0.6 is 0 Å². The molecule has 0 N–H and O–H groups in total. The molecule has 1 aromatic heterocycles. The minimum atomic E-state index is 0.132. The zero-order valence-electron chi connectivity index (χ0n) is 16.5. The molecule has 3 aliphatic rings. The van der Waals surface area contributed by atoms with Crippen molar-refractivity contribution in [1.29, 1.82) is 0 Å². The maximum absolute atomic E-state index is 12.7. The van der Waals surface area contributed by atoms with Crippen LogP contribution < -0.4 is 14.4 Å². The molecule has 2 saturated heterocycles. The Labute approximate surface area is 170 Å². The summed E-state index contributed by atoms with van der Waals surface area (Å²) in [5, 5.41) is 0. The van der Waals surface area contributed by atoms with E-state index in [0.29, 0.717) is 6.79 Å². The summed E-state index contributed by atoms with van der Waals surface area (Å²) < 4.78 is 10.9. The highest BCUT2D eigenvalue weighted by Gasteiger charge is 2.23. The number of rotatable bonds is 4. The standard InChI is InChI=1S/C22H26N4O3/c27-22(26-7-1-2-8-26)18-5-6-23-21(14-18)25-11-9-24(10-12-25)15-17-3-4-19-20(13-17)29-16-28-19/h3-6,13-14H,1-2,7-12,15-16H2. The summed E-state index contributed by atoms with van der Waals surface area (Å²) in [5.41, 5.74) is 1.98. The summed E-state index contributed by atoms with van der Waals surface area (Å²) in [6, 6.07) is 9.95. The van der Waals surface area contributed by atoms with Crippen molar-refractivity contribution >= 4 is 11.7 Å². The molecule has 4 heterocycles. The van der Waals surface area contributed by atoms with Gasteiger partial charge in [-0.1, -0.05) is 6.07 Å². The van der Waals surface area contributed by atoms with Gasteiger partial charge in [0.15, 0.2) is 11.5 Å². The van der Waals surface area contributed by atoms with Crippen molar-refractivity contribution in [2.45, 2.75) is 19.4 Å².